The zero-order valence-corrected chi connectivity index (χ0v) is 17.8. The fourth-order valence-electron chi connectivity index (χ4n) is 3.43. The number of aryl methyl sites for hydroxylation is 3. The van der Waals surface area contributed by atoms with Gasteiger partial charge < -0.3 is 4.57 Å². The first-order valence-electron chi connectivity index (χ1n) is 9.92. The van der Waals surface area contributed by atoms with Crippen molar-refractivity contribution >= 4 is 27.5 Å². The molecule has 0 radical (unpaired) electrons. The van der Waals surface area contributed by atoms with Crippen LogP contribution in [-0.2, 0) is 6.54 Å². The van der Waals surface area contributed by atoms with E-state index in [0.29, 0.717) is 5.56 Å². The second kappa shape index (κ2) is 8.18. The van der Waals surface area contributed by atoms with Gasteiger partial charge in [-0.05, 0) is 66.8 Å². The zero-order chi connectivity index (χ0) is 20.4. The summed E-state index contributed by atoms with van der Waals surface area (Å²) < 4.78 is 3.34. The summed E-state index contributed by atoms with van der Waals surface area (Å²) in [6, 6.07) is 22.2. The number of amides is 1. The van der Waals surface area contributed by atoms with Crippen molar-refractivity contribution < 1.29 is 4.79 Å². The molecule has 0 spiro atoms. The van der Waals surface area contributed by atoms with Crippen LogP contribution in [0.25, 0.3) is 21.3 Å². The Morgan fingerprint density at radius 3 is 2.28 bits per heavy atom. The lowest BCUT2D eigenvalue weighted by Gasteiger charge is -2.05. The Hall–Kier alpha value is -2.98. The number of fused-ring (bicyclic) bond motifs is 1. The Kier molecular flexibility index (Phi) is 5.45. The fraction of sp³-hybridized carbons (Fsp3) is 0.200. The maximum atomic E-state index is 12.9. The summed E-state index contributed by atoms with van der Waals surface area (Å²) in [5.41, 5.74) is 6.52. The van der Waals surface area contributed by atoms with E-state index in [1.54, 1.807) is 11.3 Å². The van der Waals surface area contributed by atoms with Gasteiger partial charge in [-0.15, -0.1) is 0 Å². The van der Waals surface area contributed by atoms with Crippen LogP contribution in [0.4, 0.5) is 0 Å². The summed E-state index contributed by atoms with van der Waals surface area (Å²) in [4.78, 5) is 18.1. The highest BCUT2D eigenvalue weighted by molar-refractivity contribution is 7.16. The highest BCUT2D eigenvalue weighted by Crippen LogP contribution is 2.23. The molecule has 4 rings (SSSR count). The van der Waals surface area contributed by atoms with Gasteiger partial charge in [-0.1, -0.05) is 60.7 Å². The van der Waals surface area contributed by atoms with Crippen molar-refractivity contribution in [3.8, 4) is 11.1 Å². The molecule has 0 unspecified atom stereocenters. The summed E-state index contributed by atoms with van der Waals surface area (Å²) in [5, 5.41) is 0. The van der Waals surface area contributed by atoms with Crippen molar-refractivity contribution in [3.05, 3.63) is 88.2 Å². The number of rotatable bonds is 4. The van der Waals surface area contributed by atoms with Gasteiger partial charge in [0.05, 0.1) is 10.2 Å². The molecule has 0 aliphatic rings. The Morgan fingerprint density at radius 2 is 1.59 bits per heavy atom. The number of aromatic nitrogens is 1. The Labute approximate surface area is 175 Å². The van der Waals surface area contributed by atoms with E-state index in [1.165, 1.54) is 15.8 Å². The first kappa shape index (κ1) is 19.3. The minimum Gasteiger partial charge on any atom is -0.316 e. The molecule has 29 heavy (non-hydrogen) atoms. The van der Waals surface area contributed by atoms with Crippen LogP contribution >= 0.6 is 11.3 Å². The number of hydrogen-bond acceptors (Lipinski definition) is 2. The smallest absolute Gasteiger partial charge is 0.279 e. The Balaban J connectivity index is 1.72. The average molecular weight is 401 g/mol. The Morgan fingerprint density at radius 1 is 0.931 bits per heavy atom. The molecule has 0 saturated carbocycles. The summed E-state index contributed by atoms with van der Waals surface area (Å²) in [7, 11) is 0. The van der Waals surface area contributed by atoms with Crippen molar-refractivity contribution in [3.63, 3.8) is 0 Å². The number of nitrogens with zero attached hydrogens (tertiary/aromatic N) is 2. The van der Waals surface area contributed by atoms with Gasteiger partial charge in [0.25, 0.3) is 5.91 Å². The summed E-state index contributed by atoms with van der Waals surface area (Å²) in [6.07, 6.45) is 0.992. The van der Waals surface area contributed by atoms with Crippen LogP contribution < -0.4 is 4.80 Å². The lowest BCUT2D eigenvalue weighted by atomic mass is 10.0. The highest BCUT2D eigenvalue weighted by atomic mass is 32.1. The second-order valence-corrected chi connectivity index (χ2v) is 8.31. The van der Waals surface area contributed by atoms with Crippen molar-refractivity contribution in [2.75, 3.05) is 0 Å². The second-order valence-electron chi connectivity index (χ2n) is 7.30. The van der Waals surface area contributed by atoms with Gasteiger partial charge in [0.2, 0.25) is 0 Å². The molecular weight excluding hydrogens is 376 g/mol. The van der Waals surface area contributed by atoms with Crippen molar-refractivity contribution in [2.24, 2.45) is 4.99 Å². The van der Waals surface area contributed by atoms with Crippen LogP contribution in [-0.4, -0.2) is 10.5 Å². The number of hydrogen-bond donors (Lipinski definition) is 0. The SMILES string of the molecule is CCCn1c(=NC(=O)c2ccc(-c3ccccc3)cc2)sc2cc(C)c(C)cc21. The normalized spacial score (nSPS) is 11.9. The van der Waals surface area contributed by atoms with Crippen LogP contribution in [0.1, 0.15) is 34.8 Å². The molecular formula is C25H24N2OS. The molecule has 0 saturated heterocycles. The van der Waals surface area contributed by atoms with E-state index in [2.05, 4.69) is 54.6 Å². The van der Waals surface area contributed by atoms with Gasteiger partial charge in [0, 0.05) is 12.1 Å². The standard InChI is InChI=1S/C25H24N2OS/c1-4-14-27-22-15-17(2)18(3)16-23(22)29-25(27)26-24(28)21-12-10-20(11-13-21)19-8-6-5-7-9-19/h5-13,15-16H,4,14H2,1-3H3. The Bertz CT molecular complexity index is 1230. The first-order valence-corrected chi connectivity index (χ1v) is 10.7. The lowest BCUT2D eigenvalue weighted by Crippen LogP contribution is -2.16. The van der Waals surface area contributed by atoms with Crippen LogP contribution in [0.15, 0.2) is 71.7 Å². The topological polar surface area (TPSA) is 34.4 Å². The van der Waals surface area contributed by atoms with Crippen molar-refractivity contribution in [2.45, 2.75) is 33.7 Å². The van der Waals surface area contributed by atoms with E-state index in [4.69, 9.17) is 0 Å². The maximum Gasteiger partial charge on any atom is 0.279 e. The number of benzene rings is 3. The molecule has 146 valence electrons. The first-order chi connectivity index (χ1) is 14.1. The number of carbonyl (C=O) groups is 1. The van der Waals surface area contributed by atoms with Gasteiger partial charge in [0.1, 0.15) is 0 Å². The minimum absolute atomic E-state index is 0.200. The third-order valence-electron chi connectivity index (χ3n) is 5.18. The monoisotopic (exact) mass is 400 g/mol. The average Bonchev–Trinajstić information content (AvgIpc) is 3.05. The maximum absolute atomic E-state index is 12.9. The molecule has 3 aromatic carbocycles. The van der Waals surface area contributed by atoms with E-state index in [-0.39, 0.29) is 5.91 Å². The minimum atomic E-state index is -0.200. The third-order valence-corrected chi connectivity index (χ3v) is 6.22. The molecule has 0 aliphatic carbocycles. The van der Waals surface area contributed by atoms with E-state index in [9.17, 15) is 4.79 Å². The quantitative estimate of drug-likeness (QED) is 0.405. The molecule has 1 heterocycles. The molecule has 3 nitrogen and oxygen atoms in total. The summed E-state index contributed by atoms with van der Waals surface area (Å²) >= 11 is 1.59. The molecule has 1 aromatic heterocycles. The molecule has 0 aliphatic heterocycles. The molecule has 4 heteroatoms. The number of carbonyl (C=O) groups excluding carboxylic acids is 1. The van der Waals surface area contributed by atoms with E-state index in [0.717, 1.165) is 34.4 Å². The third kappa shape index (κ3) is 3.94. The van der Waals surface area contributed by atoms with Crippen LogP contribution in [0.5, 0.6) is 0 Å². The van der Waals surface area contributed by atoms with Gasteiger partial charge in [-0.2, -0.15) is 4.99 Å². The van der Waals surface area contributed by atoms with E-state index < -0.39 is 0 Å². The lowest BCUT2D eigenvalue weighted by molar-refractivity contribution is 0.0998. The highest BCUT2D eigenvalue weighted by Gasteiger charge is 2.10. The van der Waals surface area contributed by atoms with Crippen LogP contribution in [0, 0.1) is 13.8 Å². The molecule has 0 atom stereocenters. The van der Waals surface area contributed by atoms with Gasteiger partial charge in [0.15, 0.2) is 4.80 Å². The predicted molar refractivity (Wildman–Crippen MR) is 121 cm³/mol. The molecule has 0 bridgehead atoms. The largest absolute Gasteiger partial charge is 0.316 e. The van der Waals surface area contributed by atoms with Gasteiger partial charge >= 0.3 is 0 Å². The van der Waals surface area contributed by atoms with Crippen LogP contribution in [0.3, 0.4) is 0 Å². The zero-order valence-electron chi connectivity index (χ0n) is 17.0. The van der Waals surface area contributed by atoms with Gasteiger partial charge in [-0.3, -0.25) is 4.79 Å². The number of thiazole rings is 1. The molecule has 4 aromatic rings. The fourth-order valence-corrected chi connectivity index (χ4v) is 4.57. The van der Waals surface area contributed by atoms with Crippen LogP contribution in [0.2, 0.25) is 0 Å². The van der Waals surface area contributed by atoms with E-state index >= 15 is 0 Å². The van der Waals surface area contributed by atoms with Gasteiger partial charge in [-0.25, -0.2) is 0 Å². The van der Waals surface area contributed by atoms with Crippen molar-refractivity contribution in [1.82, 2.24) is 4.57 Å². The predicted octanol–water partition coefficient (Wildman–Crippen LogP) is 6.14. The molecule has 0 fully saturated rings. The molecule has 1 amide bonds. The van der Waals surface area contributed by atoms with Crippen molar-refractivity contribution in [1.29, 1.82) is 0 Å². The summed E-state index contributed by atoms with van der Waals surface area (Å²) in [6.45, 7) is 7.24. The molecule has 0 N–H and O–H groups in total. The van der Waals surface area contributed by atoms with E-state index in [1.807, 2.05) is 42.5 Å². The summed E-state index contributed by atoms with van der Waals surface area (Å²) in [5.74, 6) is -0.200.